The first-order valence-electron chi connectivity index (χ1n) is 21.5. The molecule has 12 nitrogen and oxygen atoms in total. The number of nitrogens with zero attached hydrogens (tertiary/aromatic N) is 4. The van der Waals surface area contributed by atoms with Crippen molar-refractivity contribution in [2.24, 2.45) is 17.8 Å². The van der Waals surface area contributed by atoms with Gasteiger partial charge in [0.1, 0.15) is 33.8 Å². The minimum Gasteiger partial charge on any atom is -0.486 e. The zero-order valence-corrected chi connectivity index (χ0v) is 37.0. The van der Waals surface area contributed by atoms with E-state index >= 15 is 0 Å². The molecule has 1 saturated heterocycles. The number of rotatable bonds is 16. The molecule has 2 heterocycles. The minimum atomic E-state index is -0.772. The predicted molar refractivity (Wildman–Crippen MR) is 226 cm³/mol. The Bertz CT molecular complexity index is 1740. The number of ether oxygens (including phenoxy) is 2. The van der Waals surface area contributed by atoms with Crippen LogP contribution >= 0.6 is 11.3 Å². The lowest BCUT2D eigenvalue weighted by molar-refractivity contribution is -0.139. The van der Waals surface area contributed by atoms with Gasteiger partial charge in [-0.05, 0) is 118 Å². The third-order valence-electron chi connectivity index (χ3n) is 12.5. The highest BCUT2D eigenvalue weighted by Gasteiger charge is 2.41. The van der Waals surface area contributed by atoms with Gasteiger partial charge >= 0.3 is 6.09 Å². The maximum Gasteiger partial charge on any atom is 0.410 e. The normalized spacial score (nSPS) is 22.6. The number of carbonyl (C=O) groups is 5. The molecule has 1 aliphatic heterocycles. The minimum absolute atomic E-state index is 0.0326. The molecule has 3 atom stereocenters. The van der Waals surface area contributed by atoms with Crippen molar-refractivity contribution in [2.45, 2.75) is 142 Å². The van der Waals surface area contributed by atoms with Crippen molar-refractivity contribution in [1.82, 2.24) is 25.0 Å². The molecule has 1 N–H and O–H groups in total. The molecule has 13 heteroatoms. The molecule has 0 radical (unpaired) electrons. The Morgan fingerprint density at radius 3 is 2.38 bits per heavy atom. The molecule has 2 saturated carbocycles. The van der Waals surface area contributed by atoms with Crippen molar-refractivity contribution in [3.05, 3.63) is 45.9 Å². The van der Waals surface area contributed by atoms with E-state index in [1.807, 2.05) is 34.5 Å². The third-order valence-corrected chi connectivity index (χ3v) is 13.5. The van der Waals surface area contributed by atoms with Crippen LogP contribution in [0.5, 0.6) is 5.75 Å². The summed E-state index contributed by atoms with van der Waals surface area (Å²) in [6.07, 6.45) is 9.49. The first kappa shape index (κ1) is 45.2. The number of hydrogen-bond donors (Lipinski definition) is 1. The molecule has 3 aliphatic rings. The molecule has 5 rings (SSSR count). The van der Waals surface area contributed by atoms with Gasteiger partial charge in [0.05, 0.1) is 24.1 Å². The zero-order chi connectivity index (χ0) is 42.2. The van der Waals surface area contributed by atoms with Crippen LogP contribution < -0.4 is 10.1 Å². The van der Waals surface area contributed by atoms with Crippen molar-refractivity contribution in [2.75, 3.05) is 40.3 Å². The summed E-state index contributed by atoms with van der Waals surface area (Å²) >= 11 is 1.49. The van der Waals surface area contributed by atoms with Gasteiger partial charge in [-0.2, -0.15) is 0 Å². The summed E-state index contributed by atoms with van der Waals surface area (Å²) in [7, 11) is 3.63. The average molecular weight is 822 g/mol. The number of likely N-dealkylation sites (tertiary alicyclic amines) is 1. The third kappa shape index (κ3) is 11.9. The van der Waals surface area contributed by atoms with E-state index in [0.717, 1.165) is 88.7 Å². The number of amides is 3. The van der Waals surface area contributed by atoms with Gasteiger partial charge in [-0.25, -0.2) is 9.78 Å². The standard InChI is InChI=1S/C45H67N5O7S/c1-9-48(7)29-45(22-20-32(21-23-45)31(3)51)56-36-18-13-17-34(25-36)39(52)26-35-28-58-41(47-35)38-19-14-24-50(38)42(54)37(33-15-11-10-12-16-33)27-46-40(53)30(2)49(8)43(55)57-44(4,5)6/h13,17-18,25,28,30,32-33,37-38H,9-12,14-16,19-24,26-27,29H2,1-8H3,(H,46,53)/t30-,32?,37-,38-,45?/m0/s1. The van der Waals surface area contributed by atoms with Gasteiger partial charge in [0.25, 0.3) is 0 Å². The van der Waals surface area contributed by atoms with Crippen LogP contribution in [0.2, 0.25) is 0 Å². The Morgan fingerprint density at radius 1 is 1.02 bits per heavy atom. The molecule has 0 unspecified atom stereocenters. The number of likely N-dealkylation sites (N-methyl/N-ethyl adjacent to an activating group) is 2. The van der Waals surface area contributed by atoms with Gasteiger partial charge < -0.3 is 24.6 Å². The number of carbonyl (C=O) groups excluding carboxylic acids is 5. The van der Waals surface area contributed by atoms with Crippen molar-refractivity contribution in [3.63, 3.8) is 0 Å². The zero-order valence-electron chi connectivity index (χ0n) is 36.1. The summed E-state index contributed by atoms with van der Waals surface area (Å²) in [5.41, 5.74) is 0.129. The lowest BCUT2D eigenvalue weighted by Gasteiger charge is -2.42. The Kier molecular flexibility index (Phi) is 15.6. The lowest BCUT2D eigenvalue weighted by atomic mass is 9.77. The smallest absolute Gasteiger partial charge is 0.410 e. The molecule has 3 amide bonds. The van der Waals surface area contributed by atoms with Gasteiger partial charge in [0.2, 0.25) is 11.8 Å². The van der Waals surface area contributed by atoms with Crippen molar-refractivity contribution in [3.8, 4) is 5.75 Å². The fourth-order valence-corrected chi connectivity index (χ4v) is 9.74. The van der Waals surface area contributed by atoms with E-state index in [1.54, 1.807) is 41.7 Å². The van der Waals surface area contributed by atoms with Gasteiger partial charge in [-0.15, -0.1) is 11.3 Å². The van der Waals surface area contributed by atoms with Crippen LogP contribution in [0.15, 0.2) is 29.6 Å². The highest BCUT2D eigenvalue weighted by atomic mass is 32.1. The number of benzene rings is 1. The monoisotopic (exact) mass is 821 g/mol. The maximum atomic E-state index is 14.5. The van der Waals surface area contributed by atoms with Crippen LogP contribution in [-0.2, 0) is 25.5 Å². The Balaban J connectivity index is 1.24. The predicted octanol–water partition coefficient (Wildman–Crippen LogP) is 7.65. The topological polar surface area (TPSA) is 138 Å². The van der Waals surface area contributed by atoms with Crippen molar-refractivity contribution >= 4 is 40.8 Å². The fraction of sp³-hybridized carbons (Fsp3) is 0.689. The largest absolute Gasteiger partial charge is 0.486 e. The fourth-order valence-electron chi connectivity index (χ4n) is 8.77. The summed E-state index contributed by atoms with van der Waals surface area (Å²) < 4.78 is 12.2. The number of thiazole rings is 1. The molecular formula is C45H67N5O7S. The summed E-state index contributed by atoms with van der Waals surface area (Å²) in [4.78, 5) is 76.7. The number of Topliss-reactive ketones (excluding diaryl/α,β-unsaturated/α-hetero) is 2. The molecule has 58 heavy (non-hydrogen) atoms. The molecule has 2 aliphatic carbocycles. The first-order valence-corrected chi connectivity index (χ1v) is 22.4. The van der Waals surface area contributed by atoms with Gasteiger partial charge in [-0.1, -0.05) is 38.3 Å². The van der Waals surface area contributed by atoms with Crippen LogP contribution in [0.3, 0.4) is 0 Å². The van der Waals surface area contributed by atoms with E-state index < -0.39 is 23.3 Å². The number of aromatic nitrogens is 1. The van der Waals surface area contributed by atoms with Crippen LogP contribution in [-0.4, -0.2) is 107 Å². The van der Waals surface area contributed by atoms with Gasteiger partial charge in [0, 0.05) is 43.5 Å². The summed E-state index contributed by atoms with van der Waals surface area (Å²) in [6, 6.07) is 6.46. The van der Waals surface area contributed by atoms with Crippen LogP contribution in [0.25, 0.3) is 0 Å². The molecule has 320 valence electrons. The number of ketones is 2. The molecular weight excluding hydrogens is 755 g/mol. The second kappa shape index (κ2) is 19.9. The molecule has 1 aromatic carbocycles. The Labute approximate surface area is 349 Å². The Morgan fingerprint density at radius 2 is 1.72 bits per heavy atom. The van der Waals surface area contributed by atoms with Crippen molar-refractivity contribution in [1.29, 1.82) is 0 Å². The molecule has 2 aromatic rings. The number of hydrogen-bond acceptors (Lipinski definition) is 10. The summed E-state index contributed by atoms with van der Waals surface area (Å²) in [5.74, 6) is 0.399. The van der Waals surface area contributed by atoms with E-state index in [9.17, 15) is 24.0 Å². The summed E-state index contributed by atoms with van der Waals surface area (Å²) in [6.45, 7) is 13.3. The number of nitrogens with one attached hydrogen (secondary N) is 1. The van der Waals surface area contributed by atoms with Crippen LogP contribution in [0, 0.1) is 17.8 Å². The lowest BCUT2D eigenvalue weighted by Crippen LogP contribution is -2.50. The first-order chi connectivity index (χ1) is 27.5. The maximum absolute atomic E-state index is 14.5. The highest BCUT2D eigenvalue weighted by molar-refractivity contribution is 7.09. The quantitative estimate of drug-likeness (QED) is 0.169. The average Bonchev–Trinajstić information content (AvgIpc) is 3.87. The second-order valence-corrected chi connectivity index (χ2v) is 18.9. The van der Waals surface area contributed by atoms with E-state index in [4.69, 9.17) is 14.5 Å². The SMILES string of the molecule is CCN(C)CC1(Oc2cccc(C(=O)Cc3csc([C@@H]4CCCN4C(=O)[C@@H](CNC(=O)[C@H](C)N(C)C(=O)OC(C)(C)C)C4CCCCC4)n3)c2)CCC(C(C)=O)CC1. The second-order valence-electron chi connectivity index (χ2n) is 18.0. The molecule has 3 fully saturated rings. The van der Waals surface area contributed by atoms with Gasteiger partial charge in [-0.3, -0.25) is 24.1 Å². The Hall–Kier alpha value is -3.84. The van der Waals surface area contributed by atoms with Gasteiger partial charge in [0.15, 0.2) is 5.78 Å². The molecule has 0 bridgehead atoms. The van der Waals surface area contributed by atoms with Crippen LogP contribution in [0.4, 0.5) is 4.79 Å². The van der Waals surface area contributed by atoms with Crippen molar-refractivity contribution < 1.29 is 33.4 Å². The molecule has 1 aromatic heterocycles. The molecule has 0 spiro atoms. The van der Waals surface area contributed by atoms with E-state index in [-0.39, 0.29) is 60.1 Å². The van der Waals surface area contributed by atoms with Crippen LogP contribution in [0.1, 0.15) is 139 Å². The van der Waals surface area contributed by atoms with E-state index in [2.05, 4.69) is 24.2 Å². The van der Waals surface area contributed by atoms with E-state index in [1.165, 1.54) is 16.2 Å². The highest BCUT2D eigenvalue weighted by Crippen LogP contribution is 2.39. The van der Waals surface area contributed by atoms with E-state index in [0.29, 0.717) is 23.6 Å². The summed E-state index contributed by atoms with van der Waals surface area (Å²) in [5, 5.41) is 5.77.